The maximum atomic E-state index is 11.9. The van der Waals surface area contributed by atoms with Crippen molar-refractivity contribution >= 4 is 6.03 Å². The molecule has 2 amide bonds. The lowest BCUT2D eigenvalue weighted by atomic mass is 10.1. The van der Waals surface area contributed by atoms with Crippen LogP contribution in [0.25, 0.3) is 0 Å². The second-order valence-electron chi connectivity index (χ2n) is 5.92. The van der Waals surface area contributed by atoms with Crippen molar-refractivity contribution in [2.45, 2.75) is 45.6 Å². The Bertz CT molecular complexity index is 463. The van der Waals surface area contributed by atoms with Crippen LogP contribution in [0.3, 0.4) is 0 Å². The Morgan fingerprint density at radius 2 is 2.24 bits per heavy atom. The zero-order valence-corrected chi connectivity index (χ0v) is 13.1. The van der Waals surface area contributed by atoms with Gasteiger partial charge >= 0.3 is 6.03 Å². The molecule has 1 atom stereocenters. The van der Waals surface area contributed by atoms with Crippen LogP contribution in [0.2, 0.25) is 0 Å². The monoisotopic (exact) mass is 295 g/mol. The number of aromatic nitrogens is 1. The normalized spacial score (nSPS) is 15.8. The van der Waals surface area contributed by atoms with E-state index in [9.17, 15) is 9.90 Å². The molecule has 6 heteroatoms. The van der Waals surface area contributed by atoms with Crippen molar-refractivity contribution in [3.8, 4) is 0 Å². The van der Waals surface area contributed by atoms with Gasteiger partial charge in [-0.2, -0.15) is 0 Å². The minimum Gasteiger partial charge on any atom is -0.391 e. The maximum absolute atomic E-state index is 11.9. The molecule has 1 unspecified atom stereocenters. The molecule has 0 aliphatic heterocycles. The van der Waals surface area contributed by atoms with E-state index in [4.69, 9.17) is 4.52 Å². The first kappa shape index (κ1) is 15.8. The van der Waals surface area contributed by atoms with E-state index in [1.807, 2.05) is 13.8 Å². The number of urea groups is 1. The second kappa shape index (κ2) is 6.93. The second-order valence-corrected chi connectivity index (χ2v) is 5.92. The summed E-state index contributed by atoms with van der Waals surface area (Å²) >= 11 is 0. The standard InChI is InChI=1S/C15H25N3O3/c1-10-13(11(2)21-17-10)5-4-8-16-15(20)18(3)9-14(19)12-6-7-12/h12,14,19H,4-9H2,1-3H3,(H,16,20). The molecule has 0 radical (unpaired) electrons. The molecule has 0 bridgehead atoms. The van der Waals surface area contributed by atoms with Crippen LogP contribution in [0.4, 0.5) is 4.79 Å². The van der Waals surface area contributed by atoms with Crippen LogP contribution in [0.1, 0.15) is 36.3 Å². The maximum Gasteiger partial charge on any atom is 0.317 e. The Kier molecular flexibility index (Phi) is 5.22. The Morgan fingerprint density at radius 1 is 1.52 bits per heavy atom. The van der Waals surface area contributed by atoms with Crippen molar-refractivity contribution in [1.29, 1.82) is 0 Å². The number of nitrogens with one attached hydrogen (secondary N) is 1. The minimum atomic E-state index is -0.386. The number of aryl methyl sites for hydroxylation is 2. The first-order valence-corrected chi connectivity index (χ1v) is 7.57. The molecule has 1 aromatic rings. The number of rotatable bonds is 7. The fraction of sp³-hybridized carbons (Fsp3) is 0.733. The van der Waals surface area contributed by atoms with E-state index in [0.29, 0.717) is 19.0 Å². The highest BCUT2D eigenvalue weighted by molar-refractivity contribution is 5.73. The number of hydrogen-bond donors (Lipinski definition) is 2. The van der Waals surface area contributed by atoms with Gasteiger partial charge in [0.25, 0.3) is 0 Å². The molecule has 0 aromatic carbocycles. The number of nitrogens with zero attached hydrogens (tertiary/aromatic N) is 2. The van der Waals surface area contributed by atoms with Gasteiger partial charge in [0.05, 0.1) is 11.8 Å². The van der Waals surface area contributed by atoms with Crippen LogP contribution in [-0.2, 0) is 6.42 Å². The highest BCUT2D eigenvalue weighted by atomic mass is 16.5. The van der Waals surface area contributed by atoms with Crippen molar-refractivity contribution in [3.05, 3.63) is 17.0 Å². The Labute approximate surface area is 125 Å². The predicted octanol–water partition coefficient (Wildman–Crippen LogP) is 1.64. The van der Waals surface area contributed by atoms with Crippen LogP contribution in [0, 0.1) is 19.8 Å². The highest BCUT2D eigenvalue weighted by Crippen LogP contribution is 2.32. The molecule has 1 aliphatic carbocycles. The molecule has 1 heterocycles. The van der Waals surface area contributed by atoms with Crippen LogP contribution in [0.15, 0.2) is 4.52 Å². The summed E-state index contributed by atoms with van der Waals surface area (Å²) in [5.41, 5.74) is 2.05. The van der Waals surface area contributed by atoms with Crippen molar-refractivity contribution in [2.24, 2.45) is 5.92 Å². The molecule has 1 aromatic heterocycles. The van der Waals surface area contributed by atoms with Gasteiger partial charge in [0.15, 0.2) is 0 Å². The van der Waals surface area contributed by atoms with Gasteiger partial charge in [-0.1, -0.05) is 5.16 Å². The Morgan fingerprint density at radius 3 is 2.81 bits per heavy atom. The quantitative estimate of drug-likeness (QED) is 0.750. The molecule has 1 saturated carbocycles. The zero-order valence-electron chi connectivity index (χ0n) is 13.1. The van der Waals surface area contributed by atoms with Gasteiger partial charge < -0.3 is 19.8 Å². The number of carbonyl (C=O) groups is 1. The molecule has 21 heavy (non-hydrogen) atoms. The molecular weight excluding hydrogens is 270 g/mol. The Balaban J connectivity index is 1.64. The first-order chi connectivity index (χ1) is 9.99. The van der Waals surface area contributed by atoms with Crippen molar-refractivity contribution in [1.82, 2.24) is 15.4 Å². The summed E-state index contributed by atoms with van der Waals surface area (Å²) in [7, 11) is 1.72. The topological polar surface area (TPSA) is 78.6 Å². The third-order valence-corrected chi connectivity index (χ3v) is 4.03. The number of aliphatic hydroxyl groups excluding tert-OH is 1. The fourth-order valence-corrected chi connectivity index (χ4v) is 2.45. The summed E-state index contributed by atoms with van der Waals surface area (Å²) in [5, 5.41) is 16.6. The summed E-state index contributed by atoms with van der Waals surface area (Å²) < 4.78 is 5.11. The van der Waals surface area contributed by atoms with Crippen LogP contribution in [0.5, 0.6) is 0 Å². The molecule has 118 valence electrons. The van der Waals surface area contributed by atoms with Crippen LogP contribution >= 0.6 is 0 Å². The van der Waals surface area contributed by atoms with E-state index in [1.54, 1.807) is 11.9 Å². The van der Waals surface area contributed by atoms with E-state index in [-0.39, 0.29) is 12.1 Å². The van der Waals surface area contributed by atoms with Gasteiger partial charge in [0, 0.05) is 25.7 Å². The molecule has 2 rings (SSSR count). The van der Waals surface area contributed by atoms with Crippen molar-refractivity contribution < 1.29 is 14.4 Å². The third kappa shape index (κ3) is 4.46. The predicted molar refractivity (Wildman–Crippen MR) is 79.1 cm³/mol. The lowest BCUT2D eigenvalue weighted by molar-refractivity contribution is 0.113. The van der Waals surface area contributed by atoms with E-state index in [1.165, 1.54) is 0 Å². The SMILES string of the molecule is Cc1noc(C)c1CCCNC(=O)N(C)CC(O)C1CC1. The minimum absolute atomic E-state index is 0.131. The number of aliphatic hydroxyl groups is 1. The van der Waals surface area contributed by atoms with E-state index >= 15 is 0 Å². The van der Waals surface area contributed by atoms with E-state index in [0.717, 1.165) is 42.7 Å². The van der Waals surface area contributed by atoms with Crippen LogP contribution < -0.4 is 5.32 Å². The third-order valence-electron chi connectivity index (χ3n) is 4.03. The molecule has 0 spiro atoms. The fourth-order valence-electron chi connectivity index (χ4n) is 2.45. The molecule has 1 aliphatic rings. The smallest absolute Gasteiger partial charge is 0.317 e. The van der Waals surface area contributed by atoms with Gasteiger partial charge in [-0.15, -0.1) is 0 Å². The summed E-state index contributed by atoms with van der Waals surface area (Å²) in [5.74, 6) is 1.24. The highest BCUT2D eigenvalue weighted by Gasteiger charge is 2.31. The Hall–Kier alpha value is -1.56. The lowest BCUT2D eigenvalue weighted by Crippen LogP contribution is -2.42. The number of likely N-dealkylation sites (N-methyl/N-ethyl adjacent to an activating group) is 1. The van der Waals surface area contributed by atoms with E-state index in [2.05, 4.69) is 10.5 Å². The van der Waals surface area contributed by atoms with Crippen LogP contribution in [-0.4, -0.2) is 47.4 Å². The first-order valence-electron chi connectivity index (χ1n) is 7.57. The summed E-state index contributed by atoms with van der Waals surface area (Å²) in [6.45, 7) is 4.84. The summed E-state index contributed by atoms with van der Waals surface area (Å²) in [4.78, 5) is 13.4. The average molecular weight is 295 g/mol. The van der Waals surface area contributed by atoms with E-state index < -0.39 is 0 Å². The molecule has 1 fully saturated rings. The molecular formula is C15H25N3O3. The molecule has 2 N–H and O–H groups in total. The number of carbonyl (C=O) groups excluding carboxylic acids is 1. The lowest BCUT2D eigenvalue weighted by Gasteiger charge is -2.21. The molecule has 6 nitrogen and oxygen atoms in total. The summed E-state index contributed by atoms with van der Waals surface area (Å²) in [6.07, 6.45) is 3.45. The van der Waals surface area contributed by atoms with Gasteiger partial charge in [-0.05, 0) is 45.4 Å². The number of amides is 2. The average Bonchev–Trinajstić information content (AvgIpc) is 3.24. The van der Waals surface area contributed by atoms with Crippen molar-refractivity contribution in [2.75, 3.05) is 20.1 Å². The molecule has 0 saturated heterocycles. The largest absolute Gasteiger partial charge is 0.391 e. The van der Waals surface area contributed by atoms with Gasteiger partial charge in [-0.3, -0.25) is 0 Å². The van der Waals surface area contributed by atoms with Gasteiger partial charge in [0.1, 0.15) is 5.76 Å². The zero-order chi connectivity index (χ0) is 15.4. The van der Waals surface area contributed by atoms with Gasteiger partial charge in [-0.25, -0.2) is 4.79 Å². The summed E-state index contributed by atoms with van der Waals surface area (Å²) in [6, 6.07) is -0.131. The van der Waals surface area contributed by atoms with Gasteiger partial charge in [0.2, 0.25) is 0 Å². The van der Waals surface area contributed by atoms with Crippen molar-refractivity contribution in [3.63, 3.8) is 0 Å². The number of hydrogen-bond acceptors (Lipinski definition) is 4.